The highest BCUT2D eigenvalue weighted by Gasteiger charge is 2.08. The molecule has 1 N–H and O–H groups in total. The van der Waals surface area contributed by atoms with Gasteiger partial charge in [0, 0.05) is 5.39 Å². The highest BCUT2D eigenvalue weighted by Crippen LogP contribution is 2.34. The summed E-state index contributed by atoms with van der Waals surface area (Å²) in [6.07, 6.45) is 0. The number of rotatable bonds is 3. The maximum absolute atomic E-state index is 8.75. The highest BCUT2D eigenvalue weighted by atomic mass is 16.5. The number of methoxy groups -OCH3 is 1. The summed E-state index contributed by atoms with van der Waals surface area (Å²) in [7, 11) is 1.55. The van der Waals surface area contributed by atoms with Crippen LogP contribution in [0.2, 0.25) is 0 Å². The minimum Gasteiger partial charge on any atom is -0.535 e. The van der Waals surface area contributed by atoms with Gasteiger partial charge in [0.25, 0.3) is 0 Å². The number of ether oxygens (including phenoxy) is 1. The fourth-order valence-corrected chi connectivity index (χ4v) is 1.20. The van der Waals surface area contributed by atoms with E-state index in [2.05, 4.69) is 0 Å². The normalized spacial score (nSPS) is 15.6. The largest absolute Gasteiger partial charge is 0.569 e. The molecule has 0 spiro atoms. The van der Waals surface area contributed by atoms with Gasteiger partial charge in [-0.1, -0.05) is 30.2 Å². The third-order valence-electron chi connectivity index (χ3n) is 1.80. The molecule has 15 heavy (non-hydrogen) atoms. The predicted molar refractivity (Wildman–Crippen MR) is 59.1 cm³/mol. The molecule has 0 aliphatic rings. The van der Waals surface area contributed by atoms with E-state index < -0.39 is 36.3 Å². The van der Waals surface area contributed by atoms with Crippen molar-refractivity contribution in [2.45, 2.75) is 0 Å². The van der Waals surface area contributed by atoms with Crippen LogP contribution in [-0.2, 0) is 0 Å². The Bertz CT molecular complexity index is 736. The summed E-state index contributed by atoms with van der Waals surface area (Å²) >= 11 is 0. The van der Waals surface area contributed by atoms with Crippen molar-refractivity contribution in [1.82, 2.24) is 0 Å². The van der Waals surface area contributed by atoms with Crippen LogP contribution in [-0.4, -0.2) is 19.8 Å². The van der Waals surface area contributed by atoms with Crippen molar-refractivity contribution in [3.63, 3.8) is 0 Å². The van der Waals surface area contributed by atoms with Crippen molar-refractivity contribution in [2.75, 3.05) is 7.11 Å². The van der Waals surface area contributed by atoms with Gasteiger partial charge in [0.2, 0.25) is 0 Å². The maximum Gasteiger partial charge on any atom is 0.569 e. The average molecular weight is 207 g/mol. The summed E-state index contributed by atoms with van der Waals surface area (Å²) in [6, 6.07) is -2.70. The molecule has 4 heteroatoms. The Morgan fingerprint density at radius 3 is 2.80 bits per heavy atom. The molecular formula is C11H10BO3. The van der Waals surface area contributed by atoms with Gasteiger partial charge >= 0.3 is 7.69 Å². The first kappa shape index (κ1) is 4.90. The Hall–Kier alpha value is -1.68. The fraction of sp³-hybridized carbons (Fsp3) is 0.0909. The first-order chi connectivity index (χ1) is 9.86. The van der Waals surface area contributed by atoms with Crippen molar-refractivity contribution in [3.8, 4) is 11.5 Å². The Labute approximate surface area is 97.0 Å². The molecule has 0 aliphatic carbocycles. The van der Waals surface area contributed by atoms with E-state index in [4.69, 9.17) is 22.6 Å². The minimum atomic E-state index is -0.496. The second-order valence-corrected chi connectivity index (χ2v) is 2.59. The first-order valence-electron chi connectivity index (χ1n) is 7.06. The topological polar surface area (TPSA) is 38.7 Å². The number of hydrogen-bond acceptors (Lipinski definition) is 3. The lowest BCUT2D eigenvalue weighted by molar-refractivity contribution is 0.386. The van der Waals surface area contributed by atoms with Crippen LogP contribution in [0.5, 0.6) is 11.5 Å². The maximum atomic E-state index is 8.75. The number of fused-ring (bicyclic) bond motifs is 1. The van der Waals surface area contributed by atoms with Crippen molar-refractivity contribution in [2.24, 2.45) is 0 Å². The highest BCUT2D eigenvalue weighted by molar-refractivity contribution is 6.17. The Balaban J connectivity index is 3.11. The third kappa shape index (κ3) is 1.76. The molecule has 0 aliphatic heterocycles. The van der Waals surface area contributed by atoms with E-state index in [-0.39, 0.29) is 22.3 Å². The van der Waals surface area contributed by atoms with Gasteiger partial charge in [0.1, 0.15) is 5.75 Å². The molecule has 0 fully saturated rings. The molecular weight excluding hydrogens is 191 g/mol. The predicted octanol–water partition coefficient (Wildman–Crippen LogP) is 1.75. The summed E-state index contributed by atoms with van der Waals surface area (Å²) in [5.41, 5.74) is 0. The molecule has 2 aromatic carbocycles. The van der Waals surface area contributed by atoms with Crippen LogP contribution in [0.15, 0.2) is 36.3 Å². The zero-order chi connectivity index (χ0) is 15.9. The van der Waals surface area contributed by atoms with E-state index in [0.29, 0.717) is 7.69 Å². The lowest BCUT2D eigenvalue weighted by Crippen LogP contribution is -2.01. The van der Waals surface area contributed by atoms with Gasteiger partial charge in [-0.15, -0.1) is 0 Å². The summed E-state index contributed by atoms with van der Waals surface area (Å²) in [5, 5.41) is 8.55. The van der Waals surface area contributed by atoms with Crippen LogP contribution < -0.4 is 9.39 Å². The molecule has 1 radical (unpaired) electrons. The first-order valence-corrected chi connectivity index (χ1v) is 4.06. The van der Waals surface area contributed by atoms with Crippen LogP contribution >= 0.6 is 0 Å². The minimum absolute atomic E-state index is 0.0682. The molecule has 0 aromatic heterocycles. The zero-order valence-electron chi connectivity index (χ0n) is 13.8. The van der Waals surface area contributed by atoms with E-state index in [1.54, 1.807) is 0 Å². The van der Waals surface area contributed by atoms with Crippen molar-refractivity contribution in [3.05, 3.63) is 36.3 Å². The quantitative estimate of drug-likeness (QED) is 0.779. The van der Waals surface area contributed by atoms with Gasteiger partial charge in [-0.2, -0.15) is 0 Å². The molecule has 0 unspecified atom stereocenters. The van der Waals surface area contributed by atoms with Gasteiger partial charge in [0.05, 0.1) is 15.3 Å². The lowest BCUT2D eigenvalue weighted by atomic mass is 10.1. The molecule has 0 amide bonds. The van der Waals surface area contributed by atoms with E-state index in [1.165, 1.54) is 7.11 Å². The summed E-state index contributed by atoms with van der Waals surface area (Å²) in [5.74, 6) is -0.425. The molecule has 0 atom stereocenters. The molecule has 3 nitrogen and oxygen atoms in total. The van der Waals surface area contributed by atoms with Crippen molar-refractivity contribution < 1.29 is 22.6 Å². The van der Waals surface area contributed by atoms with Crippen LogP contribution in [0.4, 0.5) is 0 Å². The molecule has 0 saturated heterocycles. The summed E-state index contributed by atoms with van der Waals surface area (Å²) in [6.45, 7) is 0. The van der Waals surface area contributed by atoms with Gasteiger partial charge in [-0.05, 0) is 11.4 Å². The van der Waals surface area contributed by atoms with E-state index >= 15 is 0 Å². The second kappa shape index (κ2) is 4.23. The van der Waals surface area contributed by atoms with Crippen molar-refractivity contribution >= 4 is 18.5 Å². The van der Waals surface area contributed by atoms with Gasteiger partial charge in [-0.3, -0.25) is 0 Å². The smallest absolute Gasteiger partial charge is 0.535 e. The zero-order valence-corrected chi connectivity index (χ0v) is 7.84. The van der Waals surface area contributed by atoms with Crippen LogP contribution in [0.1, 0.15) is 8.22 Å². The van der Waals surface area contributed by atoms with E-state index in [9.17, 15) is 0 Å². The second-order valence-electron chi connectivity index (χ2n) is 2.59. The van der Waals surface area contributed by atoms with Crippen LogP contribution in [0.25, 0.3) is 10.8 Å². The lowest BCUT2D eigenvalue weighted by Gasteiger charge is -2.11. The van der Waals surface area contributed by atoms with Gasteiger partial charge in [-0.25, -0.2) is 0 Å². The third-order valence-corrected chi connectivity index (χ3v) is 1.80. The molecule has 0 heterocycles. The van der Waals surface area contributed by atoms with E-state index in [1.807, 2.05) is 0 Å². The number of hydrogen-bond donors (Lipinski definition) is 1. The molecule has 0 bridgehead atoms. The molecule has 0 saturated carbocycles. The van der Waals surface area contributed by atoms with Crippen LogP contribution in [0, 0.1) is 0 Å². The standard InChI is InChI=1S/C11H10BO3/c1-14-11-9-5-3-2-4-8(9)6-7-10(11)15-12-13/h2-7,13H,1H3/i2D,3D,4D,5D,6D,7D. The Kier molecular flexibility index (Phi) is 1.38. The van der Waals surface area contributed by atoms with Gasteiger partial charge < -0.3 is 14.4 Å². The SMILES string of the molecule is [2H]c1c([2H])c([2H])c2c(OC)c(O[B]O)c([2H])c([2H])c2c1[2H]. The van der Waals surface area contributed by atoms with Gasteiger partial charge in [0.15, 0.2) is 5.75 Å². The Morgan fingerprint density at radius 1 is 1.27 bits per heavy atom. The fourth-order valence-electron chi connectivity index (χ4n) is 1.20. The number of benzene rings is 2. The molecule has 75 valence electrons. The monoisotopic (exact) mass is 207 g/mol. The van der Waals surface area contributed by atoms with E-state index in [0.717, 1.165) is 0 Å². The average Bonchev–Trinajstić information content (AvgIpc) is 2.47. The molecule has 2 rings (SSSR count). The van der Waals surface area contributed by atoms with Crippen LogP contribution in [0.3, 0.4) is 0 Å². The molecule has 2 aromatic rings. The Morgan fingerprint density at radius 2 is 2.07 bits per heavy atom. The van der Waals surface area contributed by atoms with Crippen molar-refractivity contribution in [1.29, 1.82) is 0 Å². The summed E-state index contributed by atoms with van der Waals surface area (Å²) < 4.78 is 56.7. The summed E-state index contributed by atoms with van der Waals surface area (Å²) in [4.78, 5) is 0.